The maximum Gasteiger partial charge on any atom is 0.307 e. The Morgan fingerprint density at radius 3 is 2.72 bits per heavy atom. The van der Waals surface area contributed by atoms with Gasteiger partial charge in [0.1, 0.15) is 5.15 Å². The summed E-state index contributed by atoms with van der Waals surface area (Å²) in [5.41, 5.74) is 1.93. The number of rotatable bonds is 6. The molecule has 6 heteroatoms. The minimum atomic E-state index is -0.168. The van der Waals surface area contributed by atoms with Gasteiger partial charge in [0, 0.05) is 25.7 Å². The molecule has 0 bridgehead atoms. The first-order chi connectivity index (χ1) is 8.45. The zero-order chi connectivity index (χ0) is 13.7. The molecule has 0 saturated heterocycles. The first-order valence-electron chi connectivity index (χ1n) is 5.97. The lowest BCUT2D eigenvalue weighted by molar-refractivity contribution is -0.143. The topological polar surface area (TPSA) is 47.4 Å². The van der Waals surface area contributed by atoms with Crippen LogP contribution in [-0.4, -0.2) is 40.8 Å². The number of hydrogen-bond acceptors (Lipinski definition) is 4. The molecule has 0 amide bonds. The molecule has 1 heterocycles. The minimum Gasteiger partial charge on any atom is -0.466 e. The first-order valence-corrected chi connectivity index (χ1v) is 6.35. The Morgan fingerprint density at radius 1 is 1.56 bits per heavy atom. The molecular formula is C12H20ClN3O2. The van der Waals surface area contributed by atoms with Gasteiger partial charge in [0.2, 0.25) is 0 Å². The third-order valence-electron chi connectivity index (χ3n) is 2.70. The fourth-order valence-corrected chi connectivity index (χ4v) is 1.95. The van der Waals surface area contributed by atoms with Crippen molar-refractivity contribution in [3.8, 4) is 0 Å². The van der Waals surface area contributed by atoms with Gasteiger partial charge in [-0.05, 0) is 20.9 Å². The molecule has 0 saturated carbocycles. The summed E-state index contributed by atoms with van der Waals surface area (Å²) in [6.45, 7) is 5.48. The monoisotopic (exact) mass is 273 g/mol. The highest BCUT2D eigenvalue weighted by molar-refractivity contribution is 6.30. The van der Waals surface area contributed by atoms with Crippen LogP contribution in [0.25, 0.3) is 0 Å². The van der Waals surface area contributed by atoms with Gasteiger partial charge in [0.05, 0.1) is 18.7 Å². The van der Waals surface area contributed by atoms with Crippen molar-refractivity contribution in [1.29, 1.82) is 0 Å². The van der Waals surface area contributed by atoms with Crippen LogP contribution in [0.3, 0.4) is 0 Å². The van der Waals surface area contributed by atoms with Crippen LogP contribution in [0.2, 0.25) is 5.15 Å². The molecule has 18 heavy (non-hydrogen) atoms. The number of halogens is 1. The van der Waals surface area contributed by atoms with E-state index in [9.17, 15) is 4.79 Å². The number of carbonyl (C=O) groups excluding carboxylic acids is 1. The van der Waals surface area contributed by atoms with Crippen molar-refractivity contribution in [2.45, 2.75) is 26.8 Å². The normalized spacial score (nSPS) is 11.0. The Labute approximate surface area is 113 Å². The second kappa shape index (κ2) is 6.75. The van der Waals surface area contributed by atoms with E-state index in [1.165, 1.54) is 0 Å². The number of ether oxygens (including phenoxy) is 1. The number of aryl methyl sites for hydroxylation is 2. The second-order valence-electron chi connectivity index (χ2n) is 4.27. The summed E-state index contributed by atoms with van der Waals surface area (Å²) in [4.78, 5) is 13.3. The number of nitrogens with zero attached hydrogens (tertiary/aromatic N) is 3. The predicted octanol–water partition coefficient (Wildman–Crippen LogP) is 1.77. The van der Waals surface area contributed by atoms with E-state index in [4.69, 9.17) is 16.3 Å². The highest BCUT2D eigenvalue weighted by Crippen LogP contribution is 2.19. The Balaban J connectivity index is 2.49. The van der Waals surface area contributed by atoms with Gasteiger partial charge < -0.3 is 9.64 Å². The lowest BCUT2D eigenvalue weighted by atomic mass is 10.2. The predicted molar refractivity (Wildman–Crippen MR) is 70.5 cm³/mol. The molecule has 0 spiro atoms. The SMILES string of the molecule is CCOC(=O)CCN(C)Cc1c(C)nn(C)c1Cl. The van der Waals surface area contributed by atoms with Crippen molar-refractivity contribution in [3.63, 3.8) is 0 Å². The van der Waals surface area contributed by atoms with Gasteiger partial charge in [0.25, 0.3) is 0 Å². The third-order valence-corrected chi connectivity index (χ3v) is 3.17. The maximum atomic E-state index is 11.2. The molecule has 0 fully saturated rings. The average Bonchev–Trinajstić information content (AvgIpc) is 2.54. The molecule has 0 N–H and O–H groups in total. The number of esters is 1. The Hall–Kier alpha value is -1.07. The van der Waals surface area contributed by atoms with E-state index < -0.39 is 0 Å². The molecule has 1 rings (SSSR count). The van der Waals surface area contributed by atoms with Gasteiger partial charge in [-0.2, -0.15) is 5.10 Å². The van der Waals surface area contributed by atoms with Gasteiger partial charge in [-0.15, -0.1) is 0 Å². The number of carbonyl (C=O) groups is 1. The smallest absolute Gasteiger partial charge is 0.307 e. The van der Waals surface area contributed by atoms with E-state index in [0.29, 0.717) is 31.3 Å². The molecule has 0 radical (unpaired) electrons. The molecule has 1 aromatic rings. The lowest BCUT2D eigenvalue weighted by Gasteiger charge is -2.15. The highest BCUT2D eigenvalue weighted by Gasteiger charge is 2.13. The summed E-state index contributed by atoms with van der Waals surface area (Å²) < 4.78 is 6.54. The van der Waals surface area contributed by atoms with E-state index in [1.807, 2.05) is 25.9 Å². The quantitative estimate of drug-likeness (QED) is 0.741. The van der Waals surface area contributed by atoms with Crippen LogP contribution in [-0.2, 0) is 23.1 Å². The first kappa shape index (κ1) is 15.0. The zero-order valence-electron chi connectivity index (χ0n) is 11.4. The number of aromatic nitrogens is 2. The summed E-state index contributed by atoms with van der Waals surface area (Å²) in [6, 6.07) is 0. The fraction of sp³-hybridized carbons (Fsp3) is 0.667. The summed E-state index contributed by atoms with van der Waals surface area (Å²) in [7, 11) is 3.76. The van der Waals surface area contributed by atoms with Crippen LogP contribution >= 0.6 is 11.6 Å². The molecule has 0 aliphatic heterocycles. The third kappa shape index (κ3) is 3.99. The Bertz CT molecular complexity index is 418. The second-order valence-corrected chi connectivity index (χ2v) is 4.63. The van der Waals surface area contributed by atoms with Crippen LogP contribution < -0.4 is 0 Å². The molecule has 0 aliphatic carbocycles. The van der Waals surface area contributed by atoms with E-state index >= 15 is 0 Å². The molecular weight excluding hydrogens is 254 g/mol. The summed E-state index contributed by atoms with van der Waals surface area (Å²) in [5, 5.41) is 4.90. The van der Waals surface area contributed by atoms with E-state index in [2.05, 4.69) is 5.10 Å². The fourth-order valence-electron chi connectivity index (χ4n) is 1.72. The largest absolute Gasteiger partial charge is 0.466 e. The molecule has 0 aliphatic rings. The van der Waals surface area contributed by atoms with Crippen LogP contribution in [0.4, 0.5) is 0 Å². The lowest BCUT2D eigenvalue weighted by Crippen LogP contribution is -2.22. The Kier molecular flexibility index (Phi) is 5.62. The summed E-state index contributed by atoms with van der Waals surface area (Å²) in [5.74, 6) is -0.168. The van der Waals surface area contributed by atoms with Crippen molar-refractivity contribution in [1.82, 2.24) is 14.7 Å². The van der Waals surface area contributed by atoms with Crippen molar-refractivity contribution in [3.05, 3.63) is 16.4 Å². The molecule has 0 aromatic carbocycles. The van der Waals surface area contributed by atoms with Gasteiger partial charge >= 0.3 is 5.97 Å². The summed E-state index contributed by atoms with van der Waals surface area (Å²) in [6.07, 6.45) is 0.390. The average molecular weight is 274 g/mol. The van der Waals surface area contributed by atoms with Crippen LogP contribution in [0.1, 0.15) is 24.6 Å². The summed E-state index contributed by atoms with van der Waals surface area (Å²) >= 11 is 6.15. The van der Waals surface area contributed by atoms with E-state index in [-0.39, 0.29) is 5.97 Å². The van der Waals surface area contributed by atoms with Gasteiger partial charge in [-0.25, -0.2) is 0 Å². The zero-order valence-corrected chi connectivity index (χ0v) is 12.1. The van der Waals surface area contributed by atoms with Crippen LogP contribution in [0.15, 0.2) is 0 Å². The highest BCUT2D eigenvalue weighted by atomic mass is 35.5. The Morgan fingerprint density at radius 2 is 2.22 bits per heavy atom. The van der Waals surface area contributed by atoms with E-state index in [1.54, 1.807) is 11.6 Å². The maximum absolute atomic E-state index is 11.2. The molecule has 1 aromatic heterocycles. The molecule has 0 atom stereocenters. The molecule has 5 nitrogen and oxygen atoms in total. The van der Waals surface area contributed by atoms with Crippen molar-refractivity contribution in [2.75, 3.05) is 20.2 Å². The van der Waals surface area contributed by atoms with Crippen molar-refractivity contribution < 1.29 is 9.53 Å². The number of hydrogen-bond donors (Lipinski definition) is 0. The van der Waals surface area contributed by atoms with Gasteiger partial charge in [-0.3, -0.25) is 9.48 Å². The van der Waals surface area contributed by atoms with Crippen LogP contribution in [0, 0.1) is 6.92 Å². The van der Waals surface area contributed by atoms with Gasteiger partial charge in [0.15, 0.2) is 0 Å². The standard InChI is InChI=1S/C12H20ClN3O2/c1-5-18-11(17)6-7-15(3)8-10-9(2)14-16(4)12(10)13/h5-8H2,1-4H3. The van der Waals surface area contributed by atoms with E-state index in [0.717, 1.165) is 11.3 Å². The molecule has 102 valence electrons. The van der Waals surface area contributed by atoms with Gasteiger partial charge in [-0.1, -0.05) is 11.6 Å². The van der Waals surface area contributed by atoms with Crippen molar-refractivity contribution in [2.24, 2.45) is 7.05 Å². The molecule has 0 unspecified atom stereocenters. The minimum absolute atomic E-state index is 0.168. The van der Waals surface area contributed by atoms with Crippen LogP contribution in [0.5, 0.6) is 0 Å². The van der Waals surface area contributed by atoms with Crippen molar-refractivity contribution >= 4 is 17.6 Å².